The van der Waals surface area contributed by atoms with Gasteiger partial charge in [0.15, 0.2) is 9.84 Å². The predicted octanol–water partition coefficient (Wildman–Crippen LogP) is 1.13. The topological polar surface area (TPSA) is 64.6 Å². The third-order valence-electron chi connectivity index (χ3n) is 4.72. The Kier molecular flexibility index (Phi) is 4.79. The number of nitrogens with one attached hydrogen (secondary N) is 1. The van der Waals surface area contributed by atoms with Crippen LogP contribution in [-0.2, 0) is 19.3 Å². The van der Waals surface area contributed by atoms with Gasteiger partial charge in [0.1, 0.15) is 0 Å². The van der Waals surface area contributed by atoms with Gasteiger partial charge in [-0.1, -0.05) is 0 Å². The van der Waals surface area contributed by atoms with Crippen LogP contribution in [0.5, 0.6) is 0 Å². The molecule has 0 aromatic carbocycles. The molecule has 0 aromatic heterocycles. The SMILES string of the molecule is CC(C)(CNC1CCOC2(CCOCC2)C1)S(C)(=O)=O. The lowest BCUT2D eigenvalue weighted by Crippen LogP contribution is -2.52. The summed E-state index contributed by atoms with van der Waals surface area (Å²) in [5, 5.41) is 3.44. The van der Waals surface area contributed by atoms with Gasteiger partial charge in [-0.15, -0.1) is 0 Å². The number of hydrogen-bond acceptors (Lipinski definition) is 5. The van der Waals surface area contributed by atoms with E-state index in [9.17, 15) is 8.42 Å². The number of sulfone groups is 1. The van der Waals surface area contributed by atoms with Crippen LogP contribution in [0.4, 0.5) is 0 Å². The van der Waals surface area contributed by atoms with Crippen molar-refractivity contribution in [3.63, 3.8) is 0 Å². The molecule has 1 spiro atoms. The van der Waals surface area contributed by atoms with Gasteiger partial charge < -0.3 is 14.8 Å². The van der Waals surface area contributed by atoms with Crippen LogP contribution < -0.4 is 5.32 Å². The summed E-state index contributed by atoms with van der Waals surface area (Å²) < 4.78 is 34.2. The maximum Gasteiger partial charge on any atom is 0.153 e. The van der Waals surface area contributed by atoms with Gasteiger partial charge in [-0.25, -0.2) is 8.42 Å². The van der Waals surface area contributed by atoms with Crippen molar-refractivity contribution in [2.24, 2.45) is 0 Å². The Hall–Kier alpha value is -0.170. The van der Waals surface area contributed by atoms with Crippen LogP contribution in [0.3, 0.4) is 0 Å². The molecule has 1 unspecified atom stereocenters. The zero-order valence-corrected chi connectivity index (χ0v) is 13.6. The third-order valence-corrected chi connectivity index (χ3v) is 6.87. The van der Waals surface area contributed by atoms with Crippen LogP contribution in [0, 0.1) is 0 Å². The first-order valence-electron chi connectivity index (χ1n) is 7.39. The van der Waals surface area contributed by atoms with E-state index in [1.54, 1.807) is 13.8 Å². The summed E-state index contributed by atoms with van der Waals surface area (Å²) in [6.07, 6.45) is 5.10. The third kappa shape index (κ3) is 3.72. The Morgan fingerprint density at radius 3 is 2.50 bits per heavy atom. The average Bonchev–Trinajstić information content (AvgIpc) is 2.36. The van der Waals surface area contributed by atoms with E-state index in [1.165, 1.54) is 6.26 Å². The van der Waals surface area contributed by atoms with Crippen molar-refractivity contribution < 1.29 is 17.9 Å². The predicted molar refractivity (Wildman–Crippen MR) is 78.7 cm³/mol. The fourth-order valence-corrected chi connectivity index (χ4v) is 3.16. The highest BCUT2D eigenvalue weighted by Gasteiger charge is 2.40. The fourth-order valence-electron chi connectivity index (χ4n) is 2.82. The minimum absolute atomic E-state index is 0.0522. The Balaban J connectivity index is 1.90. The molecule has 1 N–H and O–H groups in total. The highest BCUT2D eigenvalue weighted by atomic mass is 32.2. The minimum atomic E-state index is -3.05. The Bertz CT molecular complexity index is 421. The first-order chi connectivity index (χ1) is 9.24. The molecule has 2 heterocycles. The van der Waals surface area contributed by atoms with Crippen LogP contribution in [-0.4, -0.2) is 57.4 Å². The van der Waals surface area contributed by atoms with Gasteiger partial charge in [-0.05, 0) is 39.5 Å². The molecule has 0 radical (unpaired) electrons. The highest BCUT2D eigenvalue weighted by Crippen LogP contribution is 2.34. The molecule has 5 nitrogen and oxygen atoms in total. The van der Waals surface area contributed by atoms with Crippen molar-refractivity contribution >= 4 is 9.84 Å². The summed E-state index contributed by atoms with van der Waals surface area (Å²) in [7, 11) is -3.05. The standard InChI is InChI=1S/C14H27NO4S/c1-13(2,20(3,16)17)11-15-12-4-7-19-14(10-12)5-8-18-9-6-14/h12,15H,4-11H2,1-3H3. The largest absolute Gasteiger partial charge is 0.381 e. The summed E-state index contributed by atoms with van der Waals surface area (Å²) in [5.74, 6) is 0. The maximum atomic E-state index is 11.7. The number of hydrogen-bond donors (Lipinski definition) is 1. The second kappa shape index (κ2) is 5.91. The first-order valence-corrected chi connectivity index (χ1v) is 9.28. The van der Waals surface area contributed by atoms with E-state index in [0.717, 1.165) is 45.5 Å². The van der Waals surface area contributed by atoms with Crippen molar-refractivity contribution in [1.82, 2.24) is 5.32 Å². The Morgan fingerprint density at radius 2 is 1.90 bits per heavy atom. The molecule has 2 rings (SSSR count). The Morgan fingerprint density at radius 1 is 1.25 bits per heavy atom. The molecule has 0 aliphatic carbocycles. The van der Waals surface area contributed by atoms with Gasteiger partial charge in [0.05, 0.1) is 10.3 Å². The molecular weight excluding hydrogens is 278 g/mol. The fraction of sp³-hybridized carbons (Fsp3) is 1.00. The molecule has 2 fully saturated rings. The second-order valence-electron chi connectivity index (χ2n) is 6.75. The van der Waals surface area contributed by atoms with E-state index in [0.29, 0.717) is 12.6 Å². The maximum absolute atomic E-state index is 11.7. The van der Waals surface area contributed by atoms with Crippen molar-refractivity contribution in [3.8, 4) is 0 Å². The molecule has 0 bridgehead atoms. The molecule has 2 aliphatic rings. The van der Waals surface area contributed by atoms with Gasteiger partial charge >= 0.3 is 0 Å². The normalized spacial score (nSPS) is 27.6. The van der Waals surface area contributed by atoms with E-state index in [2.05, 4.69) is 5.32 Å². The molecule has 2 saturated heterocycles. The molecule has 0 saturated carbocycles. The van der Waals surface area contributed by atoms with E-state index in [1.807, 2.05) is 0 Å². The van der Waals surface area contributed by atoms with Gasteiger partial charge in [-0.2, -0.15) is 0 Å². The van der Waals surface area contributed by atoms with Crippen LogP contribution >= 0.6 is 0 Å². The van der Waals surface area contributed by atoms with Crippen molar-refractivity contribution in [2.75, 3.05) is 32.6 Å². The van der Waals surface area contributed by atoms with Crippen LogP contribution in [0.25, 0.3) is 0 Å². The molecule has 0 amide bonds. The quantitative estimate of drug-likeness (QED) is 0.843. The summed E-state index contributed by atoms with van der Waals surface area (Å²) in [5.41, 5.74) is -0.0522. The zero-order valence-electron chi connectivity index (χ0n) is 12.8. The van der Waals surface area contributed by atoms with E-state index in [-0.39, 0.29) is 5.60 Å². The molecule has 2 aliphatic heterocycles. The summed E-state index contributed by atoms with van der Waals surface area (Å²) in [6, 6.07) is 0.336. The van der Waals surface area contributed by atoms with Crippen LogP contribution in [0.2, 0.25) is 0 Å². The average molecular weight is 305 g/mol. The zero-order chi connectivity index (χ0) is 14.9. The summed E-state index contributed by atoms with van der Waals surface area (Å²) in [4.78, 5) is 0. The van der Waals surface area contributed by atoms with Crippen LogP contribution in [0.1, 0.15) is 39.5 Å². The lowest BCUT2D eigenvalue weighted by Gasteiger charge is -2.44. The second-order valence-corrected chi connectivity index (χ2v) is 9.40. The van der Waals surface area contributed by atoms with E-state index < -0.39 is 14.6 Å². The first kappa shape index (κ1) is 16.2. The molecular formula is C14H27NO4S. The van der Waals surface area contributed by atoms with Gasteiger partial charge in [0.2, 0.25) is 0 Å². The lowest BCUT2D eigenvalue weighted by molar-refractivity contribution is -0.140. The molecule has 20 heavy (non-hydrogen) atoms. The Labute approximate surface area is 122 Å². The van der Waals surface area contributed by atoms with Crippen molar-refractivity contribution in [1.29, 1.82) is 0 Å². The molecule has 1 atom stereocenters. The van der Waals surface area contributed by atoms with Crippen molar-refractivity contribution in [3.05, 3.63) is 0 Å². The van der Waals surface area contributed by atoms with E-state index >= 15 is 0 Å². The van der Waals surface area contributed by atoms with Gasteiger partial charge in [0, 0.05) is 38.7 Å². The van der Waals surface area contributed by atoms with Crippen molar-refractivity contribution in [2.45, 2.75) is 55.9 Å². The van der Waals surface area contributed by atoms with Crippen LogP contribution in [0.15, 0.2) is 0 Å². The molecule has 6 heteroatoms. The molecule has 0 aromatic rings. The summed E-state index contributed by atoms with van der Waals surface area (Å²) in [6.45, 7) is 6.32. The monoisotopic (exact) mass is 305 g/mol. The minimum Gasteiger partial charge on any atom is -0.381 e. The van der Waals surface area contributed by atoms with E-state index in [4.69, 9.17) is 9.47 Å². The summed E-state index contributed by atoms with van der Waals surface area (Å²) >= 11 is 0. The molecule has 118 valence electrons. The lowest BCUT2D eigenvalue weighted by atomic mass is 9.84. The van der Waals surface area contributed by atoms with Gasteiger partial charge in [0.25, 0.3) is 0 Å². The number of rotatable bonds is 4. The highest BCUT2D eigenvalue weighted by molar-refractivity contribution is 7.92. The number of ether oxygens (including phenoxy) is 2. The smallest absolute Gasteiger partial charge is 0.153 e. The van der Waals surface area contributed by atoms with Gasteiger partial charge in [-0.3, -0.25) is 0 Å².